The molecule has 0 aromatic heterocycles. The fourth-order valence-electron chi connectivity index (χ4n) is 3.25. The summed E-state index contributed by atoms with van der Waals surface area (Å²) in [6, 6.07) is 6.16. The minimum Gasteiger partial charge on any atom is -0.480 e. The summed E-state index contributed by atoms with van der Waals surface area (Å²) in [7, 11) is 2.09. The monoisotopic (exact) mass is 480 g/mol. The molecule has 0 unspecified atom stereocenters. The summed E-state index contributed by atoms with van der Waals surface area (Å²) in [4.78, 5) is 61.3. The molecule has 3 atom stereocenters. The lowest BCUT2D eigenvalue weighted by Crippen LogP contribution is -2.56. The first-order valence-corrected chi connectivity index (χ1v) is 10.7. The van der Waals surface area contributed by atoms with Crippen LogP contribution in [0.25, 0.3) is 0 Å². The summed E-state index contributed by atoms with van der Waals surface area (Å²) in [5.41, 5.74) is 0.749. The second-order valence-electron chi connectivity index (χ2n) is 8.10. The third-order valence-corrected chi connectivity index (χ3v) is 5.05. The van der Waals surface area contributed by atoms with Crippen molar-refractivity contribution in [2.45, 2.75) is 45.9 Å². The summed E-state index contributed by atoms with van der Waals surface area (Å²) in [5, 5.41) is 14.4. The minimum absolute atomic E-state index is 0.0165. The molecular weight excluding hydrogens is 448 g/mol. The van der Waals surface area contributed by atoms with Gasteiger partial charge in [-0.25, -0.2) is 9.59 Å². The summed E-state index contributed by atoms with van der Waals surface area (Å²) < 4.78 is 14.3. The normalized spacial score (nSPS) is 13.4. The van der Waals surface area contributed by atoms with Gasteiger partial charge >= 0.3 is 24.0 Å². The highest BCUT2D eigenvalue weighted by Gasteiger charge is 2.42. The number of carboxylic acids is 1. The van der Waals surface area contributed by atoms with Gasteiger partial charge in [0.1, 0.15) is 18.7 Å². The highest BCUT2D eigenvalue weighted by atomic mass is 16.6. The number of benzene rings is 1. The van der Waals surface area contributed by atoms with E-state index < -0.39 is 53.8 Å². The van der Waals surface area contributed by atoms with Gasteiger partial charge in [-0.15, -0.1) is 0 Å². The Kier molecular flexibility index (Phi) is 11.5. The molecule has 0 aliphatic rings. The number of hydrogen-bond acceptors (Lipinski definition) is 8. The molecule has 0 spiro atoms. The molecule has 0 saturated carbocycles. The lowest BCUT2D eigenvalue weighted by molar-refractivity contribution is -0.163. The van der Waals surface area contributed by atoms with Crippen LogP contribution in [0, 0.1) is 17.8 Å². The number of aliphatic carboxylic acids is 1. The number of amides is 2. The standard InChI is InChI=1S/C23H32N2O9/c1-13(2)11-16(24-23(31)34-12-15-9-7-6-8-10-15)19(26)25-18(20(27)28)14(3)17(21(29)32-4)22(30)33-5/h6-10,13-14,16-18H,11-12H2,1-5H3,(H,24,31)(H,25,26)(H,27,28)/t14-,16+,18-/m1/s1. The zero-order chi connectivity index (χ0) is 25.8. The van der Waals surface area contributed by atoms with E-state index in [0.717, 1.165) is 19.8 Å². The Hall–Kier alpha value is -3.63. The van der Waals surface area contributed by atoms with Crippen molar-refractivity contribution in [1.82, 2.24) is 10.6 Å². The van der Waals surface area contributed by atoms with E-state index in [4.69, 9.17) is 4.74 Å². The first-order chi connectivity index (χ1) is 16.0. The van der Waals surface area contributed by atoms with Gasteiger partial charge in [0.25, 0.3) is 0 Å². The highest BCUT2D eigenvalue weighted by Crippen LogP contribution is 2.20. The number of nitrogens with one attached hydrogen (secondary N) is 2. The molecule has 0 saturated heterocycles. The zero-order valence-electron chi connectivity index (χ0n) is 19.9. The van der Waals surface area contributed by atoms with E-state index in [2.05, 4.69) is 20.1 Å². The van der Waals surface area contributed by atoms with Crippen molar-refractivity contribution >= 4 is 29.9 Å². The summed E-state index contributed by atoms with van der Waals surface area (Å²) in [6.45, 7) is 4.92. The Morgan fingerprint density at radius 2 is 1.47 bits per heavy atom. The Morgan fingerprint density at radius 1 is 0.912 bits per heavy atom. The number of methoxy groups -OCH3 is 2. The molecule has 1 rings (SSSR count). The molecule has 188 valence electrons. The van der Waals surface area contributed by atoms with Crippen molar-refractivity contribution < 1.29 is 43.3 Å². The fourth-order valence-corrected chi connectivity index (χ4v) is 3.25. The second kappa shape index (κ2) is 13.8. The molecule has 1 aromatic rings. The zero-order valence-corrected chi connectivity index (χ0v) is 19.9. The molecule has 0 bridgehead atoms. The molecule has 0 aliphatic heterocycles. The maximum absolute atomic E-state index is 12.9. The van der Waals surface area contributed by atoms with E-state index in [1.54, 1.807) is 24.3 Å². The number of carbonyl (C=O) groups is 5. The maximum Gasteiger partial charge on any atom is 0.408 e. The Morgan fingerprint density at radius 3 is 1.94 bits per heavy atom. The van der Waals surface area contributed by atoms with Crippen molar-refractivity contribution in [2.75, 3.05) is 14.2 Å². The number of ether oxygens (including phenoxy) is 3. The first kappa shape index (κ1) is 28.4. The van der Waals surface area contributed by atoms with Gasteiger partial charge in [0.2, 0.25) is 5.91 Å². The molecule has 1 aromatic carbocycles. The molecule has 11 nitrogen and oxygen atoms in total. The van der Waals surface area contributed by atoms with Gasteiger partial charge in [0.05, 0.1) is 14.2 Å². The number of hydrogen-bond donors (Lipinski definition) is 3. The van der Waals surface area contributed by atoms with E-state index >= 15 is 0 Å². The van der Waals surface area contributed by atoms with Gasteiger partial charge in [0, 0.05) is 5.92 Å². The van der Waals surface area contributed by atoms with E-state index in [0.29, 0.717) is 0 Å². The highest BCUT2D eigenvalue weighted by molar-refractivity contribution is 5.96. The average Bonchev–Trinajstić information content (AvgIpc) is 2.80. The van der Waals surface area contributed by atoms with Gasteiger partial charge in [-0.05, 0) is 17.9 Å². The van der Waals surface area contributed by atoms with Crippen LogP contribution in [0.2, 0.25) is 0 Å². The van der Waals surface area contributed by atoms with E-state index in [1.165, 1.54) is 6.92 Å². The smallest absolute Gasteiger partial charge is 0.408 e. The van der Waals surface area contributed by atoms with Crippen molar-refractivity contribution in [1.29, 1.82) is 0 Å². The maximum atomic E-state index is 12.9. The van der Waals surface area contributed by atoms with Gasteiger partial charge in [0.15, 0.2) is 5.92 Å². The van der Waals surface area contributed by atoms with Gasteiger partial charge in [-0.1, -0.05) is 51.1 Å². The molecule has 0 aliphatic carbocycles. The Bertz CT molecular complexity index is 841. The molecule has 34 heavy (non-hydrogen) atoms. The van der Waals surface area contributed by atoms with Crippen LogP contribution in [0.15, 0.2) is 30.3 Å². The van der Waals surface area contributed by atoms with Crippen LogP contribution < -0.4 is 10.6 Å². The number of rotatable bonds is 12. The first-order valence-electron chi connectivity index (χ1n) is 10.7. The van der Waals surface area contributed by atoms with Crippen LogP contribution >= 0.6 is 0 Å². The van der Waals surface area contributed by atoms with Crippen molar-refractivity contribution in [3.8, 4) is 0 Å². The largest absolute Gasteiger partial charge is 0.480 e. The Balaban J connectivity index is 2.97. The van der Waals surface area contributed by atoms with Crippen molar-refractivity contribution in [2.24, 2.45) is 17.8 Å². The third-order valence-electron chi connectivity index (χ3n) is 5.05. The van der Waals surface area contributed by atoms with Crippen LogP contribution in [0.1, 0.15) is 32.8 Å². The van der Waals surface area contributed by atoms with Gasteiger partial charge < -0.3 is 30.0 Å². The molecule has 2 amide bonds. The Labute approximate surface area is 198 Å². The molecule has 0 fully saturated rings. The lowest BCUT2D eigenvalue weighted by Gasteiger charge is -2.28. The van der Waals surface area contributed by atoms with Crippen LogP contribution in [0.5, 0.6) is 0 Å². The lowest BCUT2D eigenvalue weighted by atomic mass is 9.87. The predicted molar refractivity (Wildman–Crippen MR) is 119 cm³/mol. The average molecular weight is 481 g/mol. The molecule has 11 heteroatoms. The number of esters is 2. The SMILES string of the molecule is COC(=O)C(C(=O)OC)[C@@H](C)[C@@H](NC(=O)[C@H](CC(C)C)NC(=O)OCc1ccccc1)C(=O)O. The third kappa shape index (κ3) is 8.72. The summed E-state index contributed by atoms with van der Waals surface area (Å²) in [5.74, 6) is -7.12. The topological polar surface area (TPSA) is 157 Å². The van der Waals surface area contributed by atoms with E-state index in [9.17, 15) is 29.1 Å². The minimum atomic E-state index is -1.65. The number of carboxylic acid groups (broad SMARTS) is 1. The fraction of sp³-hybridized carbons (Fsp3) is 0.522. The van der Waals surface area contributed by atoms with Crippen LogP contribution in [0.3, 0.4) is 0 Å². The van der Waals surface area contributed by atoms with Crippen molar-refractivity contribution in [3.05, 3.63) is 35.9 Å². The van der Waals surface area contributed by atoms with Crippen LogP contribution in [-0.4, -0.2) is 61.3 Å². The number of alkyl carbamates (subject to hydrolysis) is 1. The van der Waals surface area contributed by atoms with Crippen LogP contribution in [-0.2, 0) is 40.0 Å². The molecular formula is C23H32N2O9. The predicted octanol–water partition coefficient (Wildman–Crippen LogP) is 1.50. The summed E-state index contributed by atoms with van der Waals surface area (Å²) in [6.07, 6.45) is -0.670. The van der Waals surface area contributed by atoms with Gasteiger partial charge in [-0.3, -0.25) is 14.4 Å². The molecule has 3 N–H and O–H groups in total. The molecule has 0 heterocycles. The van der Waals surface area contributed by atoms with E-state index in [1.807, 2.05) is 19.9 Å². The number of carbonyl (C=O) groups excluding carboxylic acids is 4. The van der Waals surface area contributed by atoms with E-state index in [-0.39, 0.29) is 18.9 Å². The second-order valence-corrected chi connectivity index (χ2v) is 8.10. The van der Waals surface area contributed by atoms with Gasteiger partial charge in [-0.2, -0.15) is 0 Å². The van der Waals surface area contributed by atoms with Crippen molar-refractivity contribution in [3.63, 3.8) is 0 Å². The van der Waals surface area contributed by atoms with Crippen LogP contribution in [0.4, 0.5) is 4.79 Å². The quantitative estimate of drug-likeness (QED) is 0.229. The summed E-state index contributed by atoms with van der Waals surface area (Å²) >= 11 is 0. The molecule has 0 radical (unpaired) electrons.